The number of rotatable bonds is 10. The van der Waals surface area contributed by atoms with Crippen LogP contribution in [0.4, 0.5) is 0 Å². The number of hydrogen-bond donors (Lipinski definition) is 0. The minimum Gasteiger partial charge on any atom is -0.294 e. The van der Waals surface area contributed by atoms with E-state index in [-0.39, 0.29) is 5.78 Å². The first-order chi connectivity index (χ1) is 9.27. The average molecular weight is 260 g/mol. The number of carbonyl (C=O) groups is 1. The van der Waals surface area contributed by atoms with E-state index in [1.54, 1.807) is 0 Å². The van der Waals surface area contributed by atoms with Crippen LogP contribution in [-0.2, 0) is 6.42 Å². The molecule has 0 spiro atoms. The van der Waals surface area contributed by atoms with Gasteiger partial charge >= 0.3 is 0 Å². The Morgan fingerprint density at radius 1 is 0.842 bits per heavy atom. The summed E-state index contributed by atoms with van der Waals surface area (Å²) in [6.07, 6.45) is 10.8. The third kappa shape index (κ3) is 6.56. The Hall–Kier alpha value is -1.11. The lowest BCUT2D eigenvalue weighted by atomic mass is 10.0. The van der Waals surface area contributed by atoms with Gasteiger partial charge in [-0.15, -0.1) is 0 Å². The molecule has 1 aromatic carbocycles. The fourth-order valence-electron chi connectivity index (χ4n) is 2.34. The smallest absolute Gasteiger partial charge is 0.162 e. The number of carbonyl (C=O) groups excluding carboxylic acids is 1. The maximum absolute atomic E-state index is 11.7. The van der Waals surface area contributed by atoms with E-state index in [1.807, 2.05) is 19.1 Å². The zero-order chi connectivity index (χ0) is 13.9. The Kier molecular flexibility index (Phi) is 8.20. The largest absolute Gasteiger partial charge is 0.294 e. The average Bonchev–Trinajstić information content (AvgIpc) is 2.43. The Balaban J connectivity index is 2.26. The van der Waals surface area contributed by atoms with Crippen LogP contribution in [0.1, 0.15) is 81.1 Å². The van der Waals surface area contributed by atoms with Crippen LogP contribution in [-0.4, -0.2) is 5.78 Å². The predicted octanol–water partition coefficient (Wildman–Crippen LogP) is 5.57. The van der Waals surface area contributed by atoms with Gasteiger partial charge in [-0.05, 0) is 24.8 Å². The highest BCUT2D eigenvalue weighted by Gasteiger charge is 2.03. The lowest BCUT2D eigenvalue weighted by molar-refractivity contribution is 0.0982. The molecule has 1 rings (SSSR count). The summed E-state index contributed by atoms with van der Waals surface area (Å²) in [4.78, 5) is 11.7. The van der Waals surface area contributed by atoms with Gasteiger partial charge in [0.1, 0.15) is 0 Å². The molecule has 0 N–H and O–H groups in total. The van der Waals surface area contributed by atoms with E-state index in [0.29, 0.717) is 6.42 Å². The van der Waals surface area contributed by atoms with Crippen molar-refractivity contribution in [3.05, 3.63) is 35.4 Å². The molecule has 0 fully saturated rings. The molecule has 0 radical (unpaired) electrons. The van der Waals surface area contributed by atoms with E-state index in [9.17, 15) is 4.79 Å². The summed E-state index contributed by atoms with van der Waals surface area (Å²) < 4.78 is 0. The normalized spacial score (nSPS) is 10.6. The van der Waals surface area contributed by atoms with Crippen molar-refractivity contribution in [1.82, 2.24) is 0 Å². The molecule has 0 heterocycles. The molecule has 0 aromatic heterocycles. The molecule has 1 nitrogen and oxygen atoms in total. The van der Waals surface area contributed by atoms with Gasteiger partial charge in [0.15, 0.2) is 5.78 Å². The van der Waals surface area contributed by atoms with Crippen molar-refractivity contribution in [1.29, 1.82) is 0 Å². The lowest BCUT2D eigenvalue weighted by Crippen LogP contribution is -1.98. The van der Waals surface area contributed by atoms with E-state index in [0.717, 1.165) is 18.4 Å². The standard InChI is InChI=1S/C18H28O/c1-3-5-6-7-8-9-11-16-12-14-17(15-13-16)18(19)10-4-2/h12-15H,3-11H2,1-2H3. The summed E-state index contributed by atoms with van der Waals surface area (Å²) in [5, 5.41) is 0. The van der Waals surface area contributed by atoms with Crippen molar-refractivity contribution in [2.75, 3.05) is 0 Å². The lowest BCUT2D eigenvalue weighted by Gasteiger charge is -2.04. The van der Waals surface area contributed by atoms with Gasteiger partial charge in [0.2, 0.25) is 0 Å². The first-order valence-corrected chi connectivity index (χ1v) is 7.90. The van der Waals surface area contributed by atoms with Crippen LogP contribution in [0.25, 0.3) is 0 Å². The number of benzene rings is 1. The summed E-state index contributed by atoms with van der Waals surface area (Å²) >= 11 is 0. The number of hydrogen-bond acceptors (Lipinski definition) is 1. The Morgan fingerprint density at radius 3 is 2.11 bits per heavy atom. The van der Waals surface area contributed by atoms with E-state index in [2.05, 4.69) is 19.1 Å². The topological polar surface area (TPSA) is 17.1 Å². The van der Waals surface area contributed by atoms with E-state index in [4.69, 9.17) is 0 Å². The van der Waals surface area contributed by atoms with Crippen molar-refractivity contribution in [3.8, 4) is 0 Å². The molecule has 106 valence electrons. The molecule has 0 unspecified atom stereocenters. The molecule has 0 aliphatic heterocycles. The van der Waals surface area contributed by atoms with Crippen LogP contribution < -0.4 is 0 Å². The Bertz CT molecular complexity index is 350. The van der Waals surface area contributed by atoms with Crippen LogP contribution in [0.5, 0.6) is 0 Å². The zero-order valence-electron chi connectivity index (χ0n) is 12.6. The van der Waals surface area contributed by atoms with Gasteiger partial charge in [-0.3, -0.25) is 4.79 Å². The highest BCUT2D eigenvalue weighted by molar-refractivity contribution is 5.95. The summed E-state index contributed by atoms with van der Waals surface area (Å²) in [6, 6.07) is 8.22. The second kappa shape index (κ2) is 9.77. The minimum absolute atomic E-state index is 0.272. The minimum atomic E-state index is 0.272. The van der Waals surface area contributed by atoms with E-state index < -0.39 is 0 Å². The number of Topliss-reactive ketones (excluding diaryl/α,β-unsaturated/α-hetero) is 1. The van der Waals surface area contributed by atoms with Gasteiger partial charge in [-0.1, -0.05) is 70.2 Å². The number of unbranched alkanes of at least 4 members (excludes halogenated alkanes) is 5. The molecule has 0 saturated carbocycles. The first kappa shape index (κ1) is 15.9. The SMILES string of the molecule is CCCCCCCCc1ccc(C(=O)CCC)cc1. The summed E-state index contributed by atoms with van der Waals surface area (Å²) in [7, 11) is 0. The predicted molar refractivity (Wildman–Crippen MR) is 82.8 cm³/mol. The zero-order valence-corrected chi connectivity index (χ0v) is 12.6. The van der Waals surface area contributed by atoms with Gasteiger partial charge in [0.25, 0.3) is 0 Å². The third-order valence-corrected chi connectivity index (χ3v) is 3.57. The fourth-order valence-corrected chi connectivity index (χ4v) is 2.34. The molecule has 0 atom stereocenters. The van der Waals surface area contributed by atoms with Crippen molar-refractivity contribution in [3.63, 3.8) is 0 Å². The molecular formula is C18H28O. The van der Waals surface area contributed by atoms with E-state index >= 15 is 0 Å². The van der Waals surface area contributed by atoms with Gasteiger partial charge < -0.3 is 0 Å². The van der Waals surface area contributed by atoms with Crippen molar-refractivity contribution in [2.45, 2.75) is 71.6 Å². The van der Waals surface area contributed by atoms with Crippen LogP contribution in [0.2, 0.25) is 0 Å². The third-order valence-electron chi connectivity index (χ3n) is 3.57. The molecule has 0 bridgehead atoms. The second-order valence-corrected chi connectivity index (χ2v) is 5.39. The van der Waals surface area contributed by atoms with Crippen LogP contribution in [0, 0.1) is 0 Å². The van der Waals surface area contributed by atoms with E-state index in [1.165, 1.54) is 44.1 Å². The fraction of sp³-hybridized carbons (Fsp3) is 0.611. The van der Waals surface area contributed by atoms with Crippen molar-refractivity contribution >= 4 is 5.78 Å². The molecule has 19 heavy (non-hydrogen) atoms. The molecule has 1 aromatic rings. The molecular weight excluding hydrogens is 232 g/mol. The van der Waals surface area contributed by atoms with Crippen LogP contribution in [0.3, 0.4) is 0 Å². The molecule has 0 aliphatic rings. The first-order valence-electron chi connectivity index (χ1n) is 7.90. The summed E-state index contributed by atoms with van der Waals surface area (Å²) in [6.45, 7) is 4.30. The Morgan fingerprint density at radius 2 is 1.47 bits per heavy atom. The summed E-state index contributed by atoms with van der Waals surface area (Å²) in [5.41, 5.74) is 2.23. The molecule has 0 saturated heterocycles. The van der Waals surface area contributed by atoms with Gasteiger partial charge in [0, 0.05) is 12.0 Å². The van der Waals surface area contributed by atoms with Gasteiger partial charge in [0.05, 0.1) is 0 Å². The summed E-state index contributed by atoms with van der Waals surface area (Å²) in [5.74, 6) is 0.272. The van der Waals surface area contributed by atoms with Gasteiger partial charge in [-0.25, -0.2) is 0 Å². The number of ketones is 1. The molecule has 1 heteroatoms. The van der Waals surface area contributed by atoms with Gasteiger partial charge in [-0.2, -0.15) is 0 Å². The molecule has 0 aliphatic carbocycles. The maximum atomic E-state index is 11.7. The monoisotopic (exact) mass is 260 g/mol. The Labute approximate surface area is 118 Å². The van der Waals surface area contributed by atoms with Crippen LogP contribution >= 0.6 is 0 Å². The highest BCUT2D eigenvalue weighted by atomic mass is 16.1. The second-order valence-electron chi connectivity index (χ2n) is 5.39. The van der Waals surface area contributed by atoms with Crippen molar-refractivity contribution in [2.24, 2.45) is 0 Å². The number of aryl methyl sites for hydroxylation is 1. The quantitative estimate of drug-likeness (QED) is 0.397. The van der Waals surface area contributed by atoms with Crippen LogP contribution in [0.15, 0.2) is 24.3 Å². The maximum Gasteiger partial charge on any atom is 0.162 e. The van der Waals surface area contributed by atoms with Crippen molar-refractivity contribution < 1.29 is 4.79 Å². The molecule has 0 amide bonds. The highest BCUT2D eigenvalue weighted by Crippen LogP contribution is 2.12.